The van der Waals surface area contributed by atoms with Crippen LogP contribution in [0.3, 0.4) is 0 Å². The van der Waals surface area contributed by atoms with Gasteiger partial charge in [0.15, 0.2) is 5.13 Å². The average molecular weight is 402 g/mol. The van der Waals surface area contributed by atoms with Crippen LogP contribution in [0.25, 0.3) is 10.2 Å². The highest BCUT2D eigenvalue weighted by atomic mass is 79.9. The quantitative estimate of drug-likeness (QED) is 0.595. The fourth-order valence-corrected chi connectivity index (χ4v) is 3.42. The van der Waals surface area contributed by atoms with Crippen LogP contribution in [0.4, 0.5) is 15.2 Å². The second kappa shape index (κ2) is 5.19. The van der Waals surface area contributed by atoms with Crippen LogP contribution in [-0.2, 0) is 0 Å². The zero-order chi connectivity index (χ0) is 13.4. The number of fused-ring (bicyclic) bond motifs is 1. The van der Waals surface area contributed by atoms with Gasteiger partial charge in [-0.25, -0.2) is 9.37 Å². The number of nitrogens with one attached hydrogen (secondary N) is 1. The normalized spacial score (nSPS) is 10.9. The van der Waals surface area contributed by atoms with Crippen molar-refractivity contribution in [2.75, 3.05) is 5.32 Å². The minimum absolute atomic E-state index is 0.310. The van der Waals surface area contributed by atoms with Gasteiger partial charge >= 0.3 is 0 Å². The van der Waals surface area contributed by atoms with E-state index in [1.807, 2.05) is 18.2 Å². The van der Waals surface area contributed by atoms with Crippen molar-refractivity contribution in [2.24, 2.45) is 0 Å². The number of rotatable bonds is 2. The van der Waals surface area contributed by atoms with Crippen LogP contribution in [0, 0.1) is 5.82 Å². The Kier molecular flexibility index (Phi) is 3.56. The first kappa shape index (κ1) is 13.0. The Labute approximate surface area is 129 Å². The highest BCUT2D eigenvalue weighted by molar-refractivity contribution is 9.10. The molecular weight excluding hydrogens is 395 g/mol. The van der Waals surface area contributed by atoms with Crippen LogP contribution in [0.5, 0.6) is 0 Å². The van der Waals surface area contributed by atoms with E-state index in [0.717, 1.165) is 14.7 Å². The number of aromatic nitrogens is 1. The van der Waals surface area contributed by atoms with Gasteiger partial charge in [-0.05, 0) is 36.4 Å². The van der Waals surface area contributed by atoms with Crippen LogP contribution in [0.1, 0.15) is 0 Å². The van der Waals surface area contributed by atoms with Crippen molar-refractivity contribution < 1.29 is 4.39 Å². The van der Waals surface area contributed by atoms with Gasteiger partial charge in [-0.3, -0.25) is 0 Å². The Balaban J connectivity index is 1.96. The lowest BCUT2D eigenvalue weighted by atomic mass is 10.3. The van der Waals surface area contributed by atoms with E-state index in [1.54, 1.807) is 12.1 Å². The summed E-state index contributed by atoms with van der Waals surface area (Å²) in [6, 6.07) is 10.8. The SMILES string of the molecule is Fc1cc(Br)ccc1Nc1nc2ccc(Br)cc2s1. The first-order chi connectivity index (χ1) is 9.11. The predicted octanol–water partition coefficient (Wildman–Crippen LogP) is 5.70. The molecule has 0 aliphatic rings. The summed E-state index contributed by atoms with van der Waals surface area (Å²) in [5, 5.41) is 3.68. The van der Waals surface area contributed by atoms with Gasteiger partial charge in [0, 0.05) is 8.95 Å². The Morgan fingerprint density at radius 1 is 1.05 bits per heavy atom. The van der Waals surface area contributed by atoms with Crippen molar-refractivity contribution in [3.05, 3.63) is 51.2 Å². The van der Waals surface area contributed by atoms with E-state index in [-0.39, 0.29) is 5.82 Å². The monoisotopic (exact) mass is 400 g/mol. The van der Waals surface area contributed by atoms with E-state index in [9.17, 15) is 4.39 Å². The molecule has 96 valence electrons. The molecule has 19 heavy (non-hydrogen) atoms. The largest absolute Gasteiger partial charge is 0.329 e. The number of benzene rings is 2. The summed E-state index contributed by atoms with van der Waals surface area (Å²) < 4.78 is 16.5. The van der Waals surface area contributed by atoms with E-state index in [2.05, 4.69) is 42.2 Å². The molecule has 0 saturated heterocycles. The number of hydrogen-bond donors (Lipinski definition) is 1. The Hall–Kier alpha value is -0.980. The smallest absolute Gasteiger partial charge is 0.188 e. The van der Waals surface area contributed by atoms with Crippen molar-refractivity contribution in [1.82, 2.24) is 4.98 Å². The molecule has 3 aromatic rings. The van der Waals surface area contributed by atoms with E-state index in [0.29, 0.717) is 15.3 Å². The van der Waals surface area contributed by atoms with Gasteiger partial charge in [0.1, 0.15) is 5.82 Å². The number of anilines is 2. The minimum Gasteiger partial charge on any atom is -0.329 e. The van der Waals surface area contributed by atoms with Crippen molar-refractivity contribution in [2.45, 2.75) is 0 Å². The molecule has 0 spiro atoms. The van der Waals surface area contributed by atoms with Gasteiger partial charge in [0.05, 0.1) is 15.9 Å². The van der Waals surface area contributed by atoms with Gasteiger partial charge in [-0.1, -0.05) is 43.2 Å². The van der Waals surface area contributed by atoms with E-state index >= 15 is 0 Å². The lowest BCUT2D eigenvalue weighted by molar-refractivity contribution is 0.631. The summed E-state index contributed by atoms with van der Waals surface area (Å²) in [6.07, 6.45) is 0. The van der Waals surface area contributed by atoms with Crippen molar-refractivity contribution in [1.29, 1.82) is 0 Å². The molecule has 0 aliphatic carbocycles. The van der Waals surface area contributed by atoms with Crippen molar-refractivity contribution in [3.8, 4) is 0 Å². The minimum atomic E-state index is -0.310. The van der Waals surface area contributed by atoms with Crippen LogP contribution in [0.2, 0.25) is 0 Å². The van der Waals surface area contributed by atoms with E-state index < -0.39 is 0 Å². The molecule has 1 aromatic heterocycles. The molecule has 2 nitrogen and oxygen atoms in total. The summed E-state index contributed by atoms with van der Waals surface area (Å²) in [5.74, 6) is -0.310. The third-order valence-corrected chi connectivity index (χ3v) is 4.44. The molecule has 0 saturated carbocycles. The van der Waals surface area contributed by atoms with Crippen molar-refractivity contribution in [3.63, 3.8) is 0 Å². The maximum Gasteiger partial charge on any atom is 0.188 e. The Morgan fingerprint density at radius 3 is 2.58 bits per heavy atom. The third-order valence-electron chi connectivity index (χ3n) is 2.52. The number of halogens is 3. The summed E-state index contributed by atoms with van der Waals surface area (Å²) in [4.78, 5) is 4.42. The molecule has 0 fully saturated rings. The Bertz CT molecular complexity index is 757. The molecule has 2 aromatic carbocycles. The van der Waals surface area contributed by atoms with Crippen LogP contribution < -0.4 is 5.32 Å². The van der Waals surface area contributed by atoms with E-state index in [1.165, 1.54) is 17.4 Å². The third kappa shape index (κ3) is 2.80. The van der Waals surface area contributed by atoms with Gasteiger partial charge in [-0.2, -0.15) is 0 Å². The van der Waals surface area contributed by atoms with Gasteiger partial charge in [-0.15, -0.1) is 0 Å². The van der Waals surface area contributed by atoms with Gasteiger partial charge in [0.25, 0.3) is 0 Å². The number of hydrogen-bond acceptors (Lipinski definition) is 3. The molecule has 0 atom stereocenters. The maximum absolute atomic E-state index is 13.7. The lowest BCUT2D eigenvalue weighted by Crippen LogP contribution is -1.92. The summed E-state index contributed by atoms with van der Waals surface area (Å²) in [6.45, 7) is 0. The molecule has 0 bridgehead atoms. The topological polar surface area (TPSA) is 24.9 Å². The second-order valence-corrected chi connectivity index (χ2v) is 6.74. The molecule has 0 amide bonds. The molecule has 3 rings (SSSR count). The fourth-order valence-electron chi connectivity index (χ4n) is 1.66. The van der Waals surface area contributed by atoms with Gasteiger partial charge < -0.3 is 5.32 Å². The summed E-state index contributed by atoms with van der Waals surface area (Å²) in [7, 11) is 0. The Morgan fingerprint density at radius 2 is 1.79 bits per heavy atom. The molecule has 0 aliphatic heterocycles. The first-order valence-electron chi connectivity index (χ1n) is 5.40. The van der Waals surface area contributed by atoms with Crippen molar-refractivity contribution >= 4 is 64.2 Å². The first-order valence-corrected chi connectivity index (χ1v) is 7.80. The molecule has 6 heteroatoms. The zero-order valence-corrected chi connectivity index (χ0v) is 13.4. The summed E-state index contributed by atoms with van der Waals surface area (Å²) >= 11 is 8.14. The highest BCUT2D eigenvalue weighted by Crippen LogP contribution is 2.31. The number of nitrogens with zero attached hydrogens (tertiary/aromatic N) is 1. The molecule has 0 unspecified atom stereocenters. The molecule has 1 heterocycles. The standard InChI is InChI=1S/C13H7Br2FN2S/c14-7-1-3-10(9(16)5-7)17-13-18-11-4-2-8(15)6-12(11)19-13/h1-6H,(H,17,18). The molecular formula is C13H7Br2FN2S. The number of thiazole rings is 1. The molecule has 1 N–H and O–H groups in total. The second-order valence-electron chi connectivity index (χ2n) is 3.88. The van der Waals surface area contributed by atoms with Crippen LogP contribution >= 0.6 is 43.2 Å². The van der Waals surface area contributed by atoms with Crippen LogP contribution in [0.15, 0.2) is 45.3 Å². The van der Waals surface area contributed by atoms with E-state index in [4.69, 9.17) is 0 Å². The highest BCUT2D eigenvalue weighted by Gasteiger charge is 2.07. The maximum atomic E-state index is 13.7. The fraction of sp³-hybridized carbons (Fsp3) is 0. The summed E-state index contributed by atoms with van der Waals surface area (Å²) in [5.41, 5.74) is 1.31. The lowest BCUT2D eigenvalue weighted by Gasteiger charge is -2.03. The van der Waals surface area contributed by atoms with Crippen LogP contribution in [-0.4, -0.2) is 4.98 Å². The zero-order valence-electron chi connectivity index (χ0n) is 9.45. The average Bonchev–Trinajstić information content (AvgIpc) is 2.74. The molecule has 0 radical (unpaired) electrons. The van der Waals surface area contributed by atoms with Gasteiger partial charge in [0.2, 0.25) is 0 Å². The predicted molar refractivity (Wildman–Crippen MR) is 84.7 cm³/mol.